The summed E-state index contributed by atoms with van der Waals surface area (Å²) in [6, 6.07) is 5.45. The quantitative estimate of drug-likeness (QED) is 0.619. The molecule has 0 aliphatic carbocycles. The van der Waals surface area contributed by atoms with Gasteiger partial charge in [-0.15, -0.1) is 5.10 Å². The molecule has 0 radical (unpaired) electrons. The van der Waals surface area contributed by atoms with Gasteiger partial charge < -0.3 is 11.1 Å². The average Bonchev–Trinajstić information content (AvgIpc) is 2.91. The Labute approximate surface area is 111 Å². The Morgan fingerprint density at radius 3 is 3.05 bits per heavy atom. The van der Waals surface area contributed by atoms with Crippen LogP contribution in [0.3, 0.4) is 0 Å². The average molecular weight is 259 g/mol. The molecule has 0 saturated carbocycles. The maximum atomic E-state index is 12.0. The van der Waals surface area contributed by atoms with E-state index in [0.717, 1.165) is 18.5 Å². The second kappa shape index (κ2) is 5.99. The third-order valence-electron chi connectivity index (χ3n) is 2.89. The fourth-order valence-corrected chi connectivity index (χ4v) is 1.77. The summed E-state index contributed by atoms with van der Waals surface area (Å²) in [4.78, 5) is 12.0. The Bertz CT molecular complexity index is 550. The van der Waals surface area contributed by atoms with Gasteiger partial charge in [0, 0.05) is 25.0 Å². The van der Waals surface area contributed by atoms with Crippen LogP contribution in [-0.2, 0) is 6.54 Å². The van der Waals surface area contributed by atoms with Crippen LogP contribution in [0, 0.1) is 6.92 Å². The molecule has 3 N–H and O–H groups in total. The van der Waals surface area contributed by atoms with Crippen molar-refractivity contribution in [1.29, 1.82) is 0 Å². The minimum atomic E-state index is -0.139. The first-order valence-corrected chi connectivity index (χ1v) is 6.16. The molecule has 6 heteroatoms. The summed E-state index contributed by atoms with van der Waals surface area (Å²) in [6.07, 6.45) is 4.22. The SMILES string of the molecule is Cc1cccc(C(=O)NCCCn2ccnn2)c1N. The number of anilines is 1. The van der Waals surface area contributed by atoms with E-state index in [1.165, 1.54) is 0 Å². The monoisotopic (exact) mass is 259 g/mol. The number of aromatic nitrogens is 3. The van der Waals surface area contributed by atoms with Crippen LogP contribution < -0.4 is 11.1 Å². The van der Waals surface area contributed by atoms with Crippen molar-refractivity contribution in [3.8, 4) is 0 Å². The lowest BCUT2D eigenvalue weighted by molar-refractivity contribution is 0.0953. The number of nitrogens with one attached hydrogen (secondary N) is 1. The maximum Gasteiger partial charge on any atom is 0.253 e. The molecule has 0 aliphatic heterocycles. The largest absolute Gasteiger partial charge is 0.398 e. The van der Waals surface area contributed by atoms with Crippen LogP contribution in [-0.4, -0.2) is 27.4 Å². The highest BCUT2D eigenvalue weighted by Gasteiger charge is 2.09. The van der Waals surface area contributed by atoms with E-state index in [1.54, 1.807) is 23.1 Å². The standard InChI is InChI=1S/C13H17N5O/c1-10-4-2-5-11(12(10)14)13(19)15-6-3-8-18-9-7-16-17-18/h2,4-5,7,9H,3,6,8,14H2,1H3,(H,15,19). The molecule has 1 heterocycles. The van der Waals surface area contributed by atoms with E-state index in [2.05, 4.69) is 15.6 Å². The number of nitrogens with two attached hydrogens (primary N) is 1. The van der Waals surface area contributed by atoms with Crippen molar-refractivity contribution in [2.45, 2.75) is 19.9 Å². The summed E-state index contributed by atoms with van der Waals surface area (Å²) in [5.74, 6) is -0.139. The lowest BCUT2D eigenvalue weighted by Gasteiger charge is -2.09. The topological polar surface area (TPSA) is 85.8 Å². The van der Waals surface area contributed by atoms with Crippen molar-refractivity contribution < 1.29 is 4.79 Å². The number of carbonyl (C=O) groups is 1. The van der Waals surface area contributed by atoms with Crippen LogP contribution in [0.15, 0.2) is 30.6 Å². The van der Waals surface area contributed by atoms with Crippen LogP contribution in [0.4, 0.5) is 5.69 Å². The number of nitrogens with zero attached hydrogens (tertiary/aromatic N) is 3. The number of rotatable bonds is 5. The van der Waals surface area contributed by atoms with Crippen molar-refractivity contribution in [2.24, 2.45) is 0 Å². The van der Waals surface area contributed by atoms with E-state index in [-0.39, 0.29) is 5.91 Å². The Morgan fingerprint density at radius 2 is 2.32 bits per heavy atom. The minimum absolute atomic E-state index is 0.139. The molecule has 0 aliphatic rings. The summed E-state index contributed by atoms with van der Waals surface area (Å²) in [7, 11) is 0. The van der Waals surface area contributed by atoms with Crippen molar-refractivity contribution in [3.63, 3.8) is 0 Å². The van der Waals surface area contributed by atoms with Gasteiger partial charge in [0.2, 0.25) is 0 Å². The summed E-state index contributed by atoms with van der Waals surface area (Å²) in [5, 5.41) is 10.4. The van der Waals surface area contributed by atoms with E-state index in [9.17, 15) is 4.79 Å². The third-order valence-corrected chi connectivity index (χ3v) is 2.89. The highest BCUT2D eigenvalue weighted by atomic mass is 16.1. The molecule has 0 unspecified atom stereocenters. The van der Waals surface area contributed by atoms with Crippen LogP contribution in [0.25, 0.3) is 0 Å². The molecule has 2 rings (SSSR count). The normalized spacial score (nSPS) is 10.4. The Morgan fingerprint density at radius 1 is 1.47 bits per heavy atom. The second-order valence-electron chi connectivity index (χ2n) is 4.31. The lowest BCUT2D eigenvalue weighted by Crippen LogP contribution is -2.26. The van der Waals surface area contributed by atoms with Crippen molar-refractivity contribution in [1.82, 2.24) is 20.3 Å². The van der Waals surface area contributed by atoms with Crippen molar-refractivity contribution >= 4 is 11.6 Å². The fourth-order valence-electron chi connectivity index (χ4n) is 1.77. The van der Waals surface area contributed by atoms with E-state index in [1.807, 2.05) is 19.1 Å². The van der Waals surface area contributed by atoms with Crippen LogP contribution in [0.2, 0.25) is 0 Å². The zero-order valence-corrected chi connectivity index (χ0v) is 10.8. The number of aryl methyl sites for hydroxylation is 2. The number of benzene rings is 1. The highest BCUT2D eigenvalue weighted by Crippen LogP contribution is 2.15. The Kier molecular flexibility index (Phi) is 4.12. The number of carbonyl (C=O) groups excluding carboxylic acids is 1. The molecule has 2 aromatic rings. The molecule has 19 heavy (non-hydrogen) atoms. The molecule has 6 nitrogen and oxygen atoms in total. The first kappa shape index (κ1) is 13.1. The number of nitrogen functional groups attached to an aromatic ring is 1. The van der Waals surface area contributed by atoms with Gasteiger partial charge in [0.15, 0.2) is 0 Å². The molecule has 1 aromatic heterocycles. The van der Waals surface area contributed by atoms with Crippen molar-refractivity contribution in [2.75, 3.05) is 12.3 Å². The molecule has 1 amide bonds. The Hall–Kier alpha value is -2.37. The van der Waals surface area contributed by atoms with Gasteiger partial charge in [-0.25, -0.2) is 0 Å². The van der Waals surface area contributed by atoms with Crippen LogP contribution in [0.1, 0.15) is 22.3 Å². The van der Waals surface area contributed by atoms with E-state index < -0.39 is 0 Å². The minimum Gasteiger partial charge on any atom is -0.398 e. The predicted octanol–water partition coefficient (Wildman–Crippen LogP) is 0.989. The maximum absolute atomic E-state index is 12.0. The van der Waals surface area contributed by atoms with Gasteiger partial charge in [-0.2, -0.15) is 0 Å². The van der Waals surface area contributed by atoms with E-state index in [0.29, 0.717) is 17.8 Å². The van der Waals surface area contributed by atoms with E-state index >= 15 is 0 Å². The Balaban J connectivity index is 1.83. The summed E-state index contributed by atoms with van der Waals surface area (Å²) in [6.45, 7) is 3.19. The van der Waals surface area contributed by atoms with Crippen LogP contribution >= 0.6 is 0 Å². The smallest absolute Gasteiger partial charge is 0.253 e. The van der Waals surface area contributed by atoms with Crippen LogP contribution in [0.5, 0.6) is 0 Å². The van der Waals surface area contributed by atoms with Gasteiger partial charge in [0.1, 0.15) is 0 Å². The fraction of sp³-hybridized carbons (Fsp3) is 0.308. The van der Waals surface area contributed by atoms with Gasteiger partial charge in [-0.05, 0) is 25.0 Å². The molecule has 0 spiro atoms. The first-order chi connectivity index (χ1) is 9.18. The van der Waals surface area contributed by atoms with Gasteiger partial charge >= 0.3 is 0 Å². The molecule has 0 saturated heterocycles. The summed E-state index contributed by atoms with van der Waals surface area (Å²) >= 11 is 0. The molecule has 100 valence electrons. The number of hydrogen-bond acceptors (Lipinski definition) is 4. The number of amides is 1. The van der Waals surface area contributed by atoms with Gasteiger partial charge in [0.05, 0.1) is 11.8 Å². The van der Waals surface area contributed by atoms with Gasteiger partial charge in [-0.1, -0.05) is 17.3 Å². The highest BCUT2D eigenvalue weighted by molar-refractivity contribution is 5.99. The molecule has 0 bridgehead atoms. The molecular weight excluding hydrogens is 242 g/mol. The molecule has 1 aromatic carbocycles. The van der Waals surface area contributed by atoms with E-state index in [4.69, 9.17) is 5.73 Å². The third kappa shape index (κ3) is 3.31. The lowest BCUT2D eigenvalue weighted by atomic mass is 10.1. The number of hydrogen-bond donors (Lipinski definition) is 2. The molecule has 0 atom stereocenters. The molecule has 0 fully saturated rings. The predicted molar refractivity (Wildman–Crippen MR) is 72.6 cm³/mol. The summed E-state index contributed by atoms with van der Waals surface area (Å²) < 4.78 is 1.73. The number of para-hydroxylation sites is 1. The van der Waals surface area contributed by atoms with Gasteiger partial charge in [0.25, 0.3) is 5.91 Å². The molecular formula is C13H17N5O. The zero-order valence-electron chi connectivity index (χ0n) is 10.8. The second-order valence-corrected chi connectivity index (χ2v) is 4.31. The van der Waals surface area contributed by atoms with Crippen molar-refractivity contribution in [3.05, 3.63) is 41.7 Å². The summed E-state index contributed by atoms with van der Waals surface area (Å²) in [5.41, 5.74) is 7.86. The first-order valence-electron chi connectivity index (χ1n) is 6.16. The zero-order chi connectivity index (χ0) is 13.7. The van der Waals surface area contributed by atoms with Gasteiger partial charge in [-0.3, -0.25) is 9.48 Å².